The minimum atomic E-state index is -0.207. The Balaban J connectivity index is 1.83. The number of hydrogen-bond acceptors (Lipinski definition) is 4. The van der Waals surface area contributed by atoms with Gasteiger partial charge in [-0.1, -0.05) is 30.3 Å². The molecule has 27 heavy (non-hydrogen) atoms. The number of amides is 1. The average molecular weight is 369 g/mol. The number of methoxy groups -OCH3 is 1. The van der Waals surface area contributed by atoms with Gasteiger partial charge in [0.15, 0.2) is 0 Å². The van der Waals surface area contributed by atoms with Crippen molar-refractivity contribution in [2.24, 2.45) is 0 Å². The minimum Gasteiger partial charge on any atom is -0.496 e. The zero-order valence-electron chi connectivity index (χ0n) is 16.0. The lowest BCUT2D eigenvalue weighted by Crippen LogP contribution is -2.44. The third-order valence-corrected chi connectivity index (χ3v) is 5.15. The van der Waals surface area contributed by atoms with Crippen LogP contribution in [0.25, 0.3) is 0 Å². The van der Waals surface area contributed by atoms with Crippen LogP contribution in [0.3, 0.4) is 0 Å². The molecule has 1 amide bonds. The second-order valence-corrected chi connectivity index (χ2v) is 6.70. The highest BCUT2D eigenvalue weighted by molar-refractivity contribution is 5.97. The summed E-state index contributed by atoms with van der Waals surface area (Å²) < 4.78 is 16.8. The van der Waals surface area contributed by atoms with Crippen molar-refractivity contribution in [3.63, 3.8) is 0 Å². The Morgan fingerprint density at radius 3 is 2.44 bits per heavy atom. The third-order valence-electron chi connectivity index (χ3n) is 5.15. The van der Waals surface area contributed by atoms with Crippen LogP contribution in [0.15, 0.2) is 48.5 Å². The van der Waals surface area contributed by atoms with E-state index < -0.39 is 0 Å². The first-order valence-electron chi connectivity index (χ1n) is 9.41. The van der Waals surface area contributed by atoms with Gasteiger partial charge < -0.3 is 19.5 Å². The molecule has 1 aliphatic rings. The first-order chi connectivity index (χ1) is 13.2. The molecule has 1 heterocycles. The monoisotopic (exact) mass is 369 g/mol. The highest BCUT2D eigenvalue weighted by Crippen LogP contribution is 2.39. The summed E-state index contributed by atoms with van der Waals surface area (Å²) in [5.74, 6) is 1.33. The van der Waals surface area contributed by atoms with Gasteiger partial charge in [-0.25, -0.2) is 0 Å². The maximum absolute atomic E-state index is 12.9. The number of carbonyl (C=O) groups excluding carboxylic acids is 1. The first-order valence-corrected chi connectivity index (χ1v) is 9.41. The van der Waals surface area contributed by atoms with E-state index in [9.17, 15) is 4.79 Å². The largest absolute Gasteiger partial charge is 0.496 e. The number of hydrogen-bond donors (Lipinski definition) is 1. The van der Waals surface area contributed by atoms with Crippen molar-refractivity contribution in [3.8, 4) is 11.5 Å². The van der Waals surface area contributed by atoms with Crippen LogP contribution in [0.5, 0.6) is 11.5 Å². The molecule has 144 valence electrons. The molecule has 2 aromatic rings. The van der Waals surface area contributed by atoms with Gasteiger partial charge in [-0.15, -0.1) is 0 Å². The van der Waals surface area contributed by atoms with E-state index in [1.54, 1.807) is 13.2 Å². The molecule has 1 fully saturated rings. The standard InChI is InChI=1S/C22H27NO4/c1-3-27-19-10-6-4-8-17(19)21(24)23-16-22(12-14-26-15-13-22)18-9-5-7-11-20(18)25-2/h4-11H,3,12-16H2,1-2H3,(H,23,24). The van der Waals surface area contributed by atoms with Gasteiger partial charge in [-0.2, -0.15) is 0 Å². The Bertz CT molecular complexity index is 768. The Labute approximate surface area is 160 Å². The van der Waals surface area contributed by atoms with Crippen molar-refractivity contribution < 1.29 is 19.0 Å². The Kier molecular flexibility index (Phi) is 6.35. The van der Waals surface area contributed by atoms with Gasteiger partial charge in [0.2, 0.25) is 0 Å². The summed E-state index contributed by atoms with van der Waals surface area (Å²) in [5, 5.41) is 3.13. The maximum Gasteiger partial charge on any atom is 0.255 e. The Hall–Kier alpha value is -2.53. The van der Waals surface area contributed by atoms with E-state index in [-0.39, 0.29) is 11.3 Å². The van der Waals surface area contributed by atoms with E-state index in [1.165, 1.54) is 0 Å². The molecule has 3 rings (SSSR count). The average Bonchev–Trinajstić information content (AvgIpc) is 2.73. The molecule has 1 N–H and O–H groups in total. The Morgan fingerprint density at radius 1 is 1.07 bits per heavy atom. The third kappa shape index (κ3) is 4.25. The van der Waals surface area contributed by atoms with Crippen molar-refractivity contribution in [2.75, 3.05) is 33.5 Å². The van der Waals surface area contributed by atoms with Gasteiger partial charge >= 0.3 is 0 Å². The molecule has 5 nitrogen and oxygen atoms in total. The molecule has 0 saturated carbocycles. The van der Waals surface area contributed by atoms with E-state index in [2.05, 4.69) is 11.4 Å². The van der Waals surface area contributed by atoms with Crippen LogP contribution in [-0.2, 0) is 10.2 Å². The fraction of sp³-hybridized carbons (Fsp3) is 0.409. The van der Waals surface area contributed by atoms with Crippen molar-refractivity contribution in [1.29, 1.82) is 0 Å². The summed E-state index contributed by atoms with van der Waals surface area (Å²) in [6.07, 6.45) is 1.67. The molecule has 5 heteroatoms. The van der Waals surface area contributed by atoms with Crippen molar-refractivity contribution >= 4 is 5.91 Å². The van der Waals surface area contributed by atoms with Gasteiger partial charge in [-0.3, -0.25) is 4.79 Å². The van der Waals surface area contributed by atoms with Crippen LogP contribution in [-0.4, -0.2) is 39.4 Å². The number of carbonyl (C=O) groups is 1. The molecule has 0 spiro atoms. The molecule has 1 aliphatic heterocycles. The van der Waals surface area contributed by atoms with E-state index in [4.69, 9.17) is 14.2 Å². The summed E-state index contributed by atoms with van der Waals surface area (Å²) in [7, 11) is 1.68. The van der Waals surface area contributed by atoms with Crippen LogP contribution in [0.2, 0.25) is 0 Å². The van der Waals surface area contributed by atoms with Crippen LogP contribution >= 0.6 is 0 Å². The van der Waals surface area contributed by atoms with E-state index in [0.717, 1.165) is 24.2 Å². The van der Waals surface area contributed by atoms with Gasteiger partial charge in [0.1, 0.15) is 11.5 Å². The molecular formula is C22H27NO4. The second-order valence-electron chi connectivity index (χ2n) is 6.70. The SMILES string of the molecule is CCOc1ccccc1C(=O)NCC1(c2ccccc2OC)CCOCC1. The van der Waals surface area contributed by atoms with Gasteiger partial charge in [0.25, 0.3) is 5.91 Å². The summed E-state index contributed by atoms with van der Waals surface area (Å²) >= 11 is 0. The first kappa shape index (κ1) is 19.2. The lowest BCUT2D eigenvalue weighted by Gasteiger charge is -2.38. The molecule has 2 aromatic carbocycles. The van der Waals surface area contributed by atoms with E-state index in [0.29, 0.717) is 37.7 Å². The fourth-order valence-corrected chi connectivity index (χ4v) is 3.67. The van der Waals surface area contributed by atoms with Gasteiger partial charge in [-0.05, 0) is 38.0 Å². The molecule has 0 bridgehead atoms. The van der Waals surface area contributed by atoms with Crippen LogP contribution in [0, 0.1) is 0 Å². The smallest absolute Gasteiger partial charge is 0.255 e. The fourth-order valence-electron chi connectivity index (χ4n) is 3.67. The summed E-state index contributed by atoms with van der Waals surface area (Å²) in [6, 6.07) is 15.4. The maximum atomic E-state index is 12.9. The van der Waals surface area contributed by atoms with E-state index >= 15 is 0 Å². The molecule has 1 saturated heterocycles. The quantitative estimate of drug-likeness (QED) is 0.811. The van der Waals surface area contributed by atoms with Crippen LogP contribution < -0.4 is 14.8 Å². The van der Waals surface area contributed by atoms with Crippen LogP contribution in [0.1, 0.15) is 35.7 Å². The van der Waals surface area contributed by atoms with E-state index in [1.807, 2.05) is 43.3 Å². The van der Waals surface area contributed by atoms with Crippen molar-refractivity contribution in [1.82, 2.24) is 5.32 Å². The van der Waals surface area contributed by atoms with Gasteiger partial charge in [0, 0.05) is 30.7 Å². The number of ether oxygens (including phenoxy) is 3. The zero-order chi connectivity index (χ0) is 19.1. The number of para-hydroxylation sites is 2. The summed E-state index contributed by atoms with van der Waals surface area (Å²) in [5.41, 5.74) is 1.47. The highest BCUT2D eigenvalue weighted by Gasteiger charge is 2.37. The molecule has 0 unspecified atom stereocenters. The topological polar surface area (TPSA) is 56.8 Å². The van der Waals surface area contributed by atoms with Gasteiger partial charge in [0.05, 0.1) is 19.3 Å². The summed E-state index contributed by atoms with van der Waals surface area (Å²) in [6.45, 7) is 4.29. The Morgan fingerprint density at radius 2 is 1.74 bits per heavy atom. The van der Waals surface area contributed by atoms with Crippen LogP contribution in [0.4, 0.5) is 0 Å². The molecular weight excluding hydrogens is 342 g/mol. The zero-order valence-corrected chi connectivity index (χ0v) is 16.0. The lowest BCUT2D eigenvalue weighted by molar-refractivity contribution is 0.0478. The minimum absolute atomic E-state index is 0.125. The predicted octanol–water partition coefficient (Wildman–Crippen LogP) is 3.57. The van der Waals surface area contributed by atoms with Crippen molar-refractivity contribution in [2.45, 2.75) is 25.2 Å². The number of rotatable bonds is 7. The molecule has 0 radical (unpaired) electrons. The number of benzene rings is 2. The molecule has 0 aromatic heterocycles. The predicted molar refractivity (Wildman–Crippen MR) is 105 cm³/mol. The molecule has 0 aliphatic carbocycles. The van der Waals surface area contributed by atoms with Crippen molar-refractivity contribution in [3.05, 3.63) is 59.7 Å². The second kappa shape index (κ2) is 8.91. The normalized spacial score (nSPS) is 15.8. The number of nitrogens with one attached hydrogen (secondary N) is 1. The molecule has 0 atom stereocenters. The lowest BCUT2D eigenvalue weighted by atomic mass is 9.73. The highest BCUT2D eigenvalue weighted by atomic mass is 16.5. The summed E-state index contributed by atoms with van der Waals surface area (Å²) in [4.78, 5) is 12.9.